The number of rotatable bonds is 5. The summed E-state index contributed by atoms with van der Waals surface area (Å²) in [6.07, 6.45) is 2.29. The van der Waals surface area contributed by atoms with Gasteiger partial charge in [-0.1, -0.05) is 18.5 Å². The molecule has 124 valence electrons. The van der Waals surface area contributed by atoms with E-state index in [-0.39, 0.29) is 16.0 Å². The number of hydrogen-bond donors (Lipinski definition) is 1. The Labute approximate surface area is 136 Å². The second kappa shape index (κ2) is 7.25. The Balaban J connectivity index is 1.95. The molecule has 1 saturated heterocycles. The molecule has 0 aliphatic carbocycles. The molecule has 1 atom stereocenters. The zero-order chi connectivity index (χ0) is 16.3. The third kappa shape index (κ3) is 4.41. The van der Waals surface area contributed by atoms with E-state index in [9.17, 15) is 12.8 Å². The summed E-state index contributed by atoms with van der Waals surface area (Å²) >= 11 is 5.64. The van der Waals surface area contributed by atoms with E-state index < -0.39 is 15.8 Å². The van der Waals surface area contributed by atoms with Gasteiger partial charge in [-0.3, -0.25) is 4.90 Å². The first kappa shape index (κ1) is 17.7. The minimum absolute atomic E-state index is 0.0154. The van der Waals surface area contributed by atoms with Crippen LogP contribution in [0.4, 0.5) is 4.39 Å². The first-order valence-electron chi connectivity index (χ1n) is 7.48. The van der Waals surface area contributed by atoms with E-state index in [2.05, 4.69) is 16.5 Å². The summed E-state index contributed by atoms with van der Waals surface area (Å²) in [5.74, 6) is 0.109. The average Bonchev–Trinajstić information content (AvgIpc) is 2.48. The van der Waals surface area contributed by atoms with Crippen molar-refractivity contribution in [2.24, 2.45) is 5.92 Å². The molecule has 1 fully saturated rings. The second-order valence-electron chi connectivity index (χ2n) is 6.00. The monoisotopic (exact) mass is 348 g/mol. The molecule has 0 aromatic heterocycles. The fraction of sp³-hybridized carbons (Fsp3) is 0.600. The van der Waals surface area contributed by atoms with Crippen molar-refractivity contribution in [3.8, 4) is 0 Å². The molecule has 22 heavy (non-hydrogen) atoms. The predicted molar refractivity (Wildman–Crippen MR) is 86.0 cm³/mol. The van der Waals surface area contributed by atoms with Crippen molar-refractivity contribution in [1.29, 1.82) is 0 Å². The molecule has 1 N–H and O–H groups in total. The van der Waals surface area contributed by atoms with Crippen molar-refractivity contribution in [2.75, 3.05) is 19.6 Å². The van der Waals surface area contributed by atoms with Gasteiger partial charge in [0.2, 0.25) is 10.0 Å². The lowest BCUT2D eigenvalue weighted by Gasteiger charge is -2.34. The van der Waals surface area contributed by atoms with Gasteiger partial charge in [-0.25, -0.2) is 17.5 Å². The Kier molecular flexibility index (Phi) is 5.82. The maximum atomic E-state index is 13.1. The minimum Gasteiger partial charge on any atom is -0.299 e. The van der Waals surface area contributed by atoms with E-state index in [0.29, 0.717) is 6.54 Å². The summed E-state index contributed by atoms with van der Waals surface area (Å²) in [5, 5.41) is -0.194. The average molecular weight is 349 g/mol. The Morgan fingerprint density at radius 1 is 1.41 bits per heavy atom. The minimum atomic E-state index is -3.67. The van der Waals surface area contributed by atoms with Crippen LogP contribution in [0.1, 0.15) is 26.7 Å². The maximum Gasteiger partial charge on any atom is 0.240 e. The number of piperidine rings is 1. The Morgan fingerprint density at radius 3 is 2.64 bits per heavy atom. The highest BCUT2D eigenvalue weighted by molar-refractivity contribution is 7.89. The summed E-state index contributed by atoms with van der Waals surface area (Å²) in [5.41, 5.74) is 0. The Hall–Kier alpha value is -0.690. The fourth-order valence-electron chi connectivity index (χ4n) is 2.56. The SMILES string of the molecule is CC1CCN(C(C)CNS(=O)(=O)c2ccc(F)c(Cl)c2)CC1. The van der Waals surface area contributed by atoms with Crippen LogP contribution in [0.5, 0.6) is 0 Å². The van der Waals surface area contributed by atoms with Crippen molar-refractivity contribution in [3.63, 3.8) is 0 Å². The lowest BCUT2D eigenvalue weighted by molar-refractivity contribution is 0.148. The number of benzene rings is 1. The molecule has 0 saturated carbocycles. The highest BCUT2D eigenvalue weighted by atomic mass is 35.5. The van der Waals surface area contributed by atoms with Crippen molar-refractivity contribution >= 4 is 21.6 Å². The normalized spacial score (nSPS) is 19.3. The molecule has 1 unspecified atom stereocenters. The van der Waals surface area contributed by atoms with Gasteiger partial charge in [-0.05, 0) is 57.0 Å². The van der Waals surface area contributed by atoms with Crippen LogP contribution in [0.3, 0.4) is 0 Å². The summed E-state index contributed by atoms with van der Waals surface area (Å²) in [4.78, 5) is 2.28. The van der Waals surface area contributed by atoms with Crippen LogP contribution in [0.25, 0.3) is 0 Å². The molecule has 7 heteroatoms. The van der Waals surface area contributed by atoms with Gasteiger partial charge >= 0.3 is 0 Å². The Bertz CT molecular complexity index is 616. The molecule has 0 spiro atoms. The number of nitrogens with one attached hydrogen (secondary N) is 1. The lowest BCUT2D eigenvalue weighted by Crippen LogP contribution is -2.45. The zero-order valence-corrected chi connectivity index (χ0v) is 14.4. The molecule has 1 aliphatic heterocycles. The molecular formula is C15H22ClFN2O2S. The molecule has 1 aromatic carbocycles. The predicted octanol–water partition coefficient (Wildman–Crippen LogP) is 2.88. The third-order valence-electron chi connectivity index (χ3n) is 4.21. The van der Waals surface area contributed by atoms with Gasteiger partial charge in [0, 0.05) is 12.6 Å². The van der Waals surface area contributed by atoms with Gasteiger partial charge in [0.15, 0.2) is 0 Å². The first-order valence-corrected chi connectivity index (χ1v) is 9.34. The number of nitrogens with zero attached hydrogens (tertiary/aromatic N) is 1. The molecular weight excluding hydrogens is 327 g/mol. The first-order chi connectivity index (χ1) is 10.3. The number of sulfonamides is 1. The van der Waals surface area contributed by atoms with Crippen molar-refractivity contribution in [2.45, 2.75) is 37.6 Å². The molecule has 1 aliphatic rings. The number of halogens is 2. The molecule has 2 rings (SSSR count). The van der Waals surface area contributed by atoms with Crippen molar-refractivity contribution < 1.29 is 12.8 Å². The van der Waals surface area contributed by atoms with Crippen LogP contribution in [0.2, 0.25) is 5.02 Å². The largest absolute Gasteiger partial charge is 0.299 e. The highest BCUT2D eigenvalue weighted by Gasteiger charge is 2.22. The fourth-order valence-corrected chi connectivity index (χ4v) is 3.95. The van der Waals surface area contributed by atoms with Gasteiger partial charge in [0.1, 0.15) is 5.82 Å². The van der Waals surface area contributed by atoms with Gasteiger partial charge in [0.25, 0.3) is 0 Å². The smallest absolute Gasteiger partial charge is 0.240 e. The third-order valence-corrected chi connectivity index (χ3v) is 5.92. The van der Waals surface area contributed by atoms with E-state index in [0.717, 1.165) is 44.0 Å². The highest BCUT2D eigenvalue weighted by Crippen LogP contribution is 2.20. The molecule has 1 heterocycles. The number of likely N-dealkylation sites (tertiary alicyclic amines) is 1. The molecule has 4 nitrogen and oxygen atoms in total. The zero-order valence-electron chi connectivity index (χ0n) is 12.9. The quantitative estimate of drug-likeness (QED) is 0.890. The van der Waals surface area contributed by atoms with E-state index in [4.69, 9.17) is 11.6 Å². The molecule has 0 amide bonds. The van der Waals surface area contributed by atoms with Crippen LogP contribution >= 0.6 is 11.6 Å². The van der Waals surface area contributed by atoms with E-state index in [1.807, 2.05) is 6.92 Å². The second-order valence-corrected chi connectivity index (χ2v) is 8.17. The van der Waals surface area contributed by atoms with E-state index in [1.165, 1.54) is 6.07 Å². The van der Waals surface area contributed by atoms with E-state index >= 15 is 0 Å². The molecule has 0 radical (unpaired) electrons. The summed E-state index contributed by atoms with van der Waals surface area (Å²) in [6, 6.07) is 3.54. The van der Waals surface area contributed by atoms with Crippen LogP contribution < -0.4 is 4.72 Å². The van der Waals surface area contributed by atoms with Crippen molar-refractivity contribution in [1.82, 2.24) is 9.62 Å². The van der Waals surface area contributed by atoms with Gasteiger partial charge < -0.3 is 0 Å². The van der Waals surface area contributed by atoms with Gasteiger partial charge in [0.05, 0.1) is 9.92 Å². The molecule has 0 bridgehead atoms. The Morgan fingerprint density at radius 2 is 2.05 bits per heavy atom. The summed E-state index contributed by atoms with van der Waals surface area (Å²) < 4.78 is 40.1. The lowest BCUT2D eigenvalue weighted by atomic mass is 9.98. The van der Waals surface area contributed by atoms with Gasteiger partial charge in [-0.2, -0.15) is 0 Å². The maximum absolute atomic E-state index is 13.1. The van der Waals surface area contributed by atoms with Crippen molar-refractivity contribution in [3.05, 3.63) is 29.0 Å². The van der Waals surface area contributed by atoms with E-state index in [1.54, 1.807) is 0 Å². The van der Waals surface area contributed by atoms with Crippen LogP contribution in [-0.2, 0) is 10.0 Å². The number of hydrogen-bond acceptors (Lipinski definition) is 3. The van der Waals surface area contributed by atoms with Crippen LogP contribution in [0, 0.1) is 11.7 Å². The summed E-state index contributed by atoms with van der Waals surface area (Å²) in [7, 11) is -3.67. The molecule has 1 aromatic rings. The van der Waals surface area contributed by atoms with Gasteiger partial charge in [-0.15, -0.1) is 0 Å². The van der Waals surface area contributed by atoms with Crippen LogP contribution in [-0.4, -0.2) is 39.0 Å². The standard InChI is InChI=1S/C15H22ClFN2O2S/c1-11-5-7-19(8-6-11)12(2)10-18-22(20,21)13-3-4-15(17)14(16)9-13/h3-4,9,11-12,18H,5-8,10H2,1-2H3. The summed E-state index contributed by atoms with van der Waals surface area (Å²) in [6.45, 7) is 6.56. The topological polar surface area (TPSA) is 49.4 Å². The van der Waals surface area contributed by atoms with Crippen LogP contribution in [0.15, 0.2) is 23.1 Å².